The Labute approximate surface area is 112 Å². The number of hydrogen-bond acceptors (Lipinski definition) is 4. The molecule has 0 saturated carbocycles. The van der Waals surface area contributed by atoms with Crippen molar-refractivity contribution in [2.45, 2.75) is 26.7 Å². The summed E-state index contributed by atoms with van der Waals surface area (Å²) in [5.41, 5.74) is 0.384. The van der Waals surface area contributed by atoms with E-state index in [0.29, 0.717) is 5.41 Å². The van der Waals surface area contributed by atoms with Crippen LogP contribution in [0.1, 0.15) is 26.7 Å². The van der Waals surface area contributed by atoms with Crippen LogP contribution in [0.5, 0.6) is 0 Å². The van der Waals surface area contributed by atoms with Gasteiger partial charge >= 0.3 is 0 Å². The van der Waals surface area contributed by atoms with E-state index in [-0.39, 0.29) is 0 Å². The van der Waals surface area contributed by atoms with Crippen LogP contribution < -0.4 is 5.32 Å². The fourth-order valence-electron chi connectivity index (χ4n) is 2.60. The van der Waals surface area contributed by atoms with Gasteiger partial charge in [0.15, 0.2) is 0 Å². The maximum Gasteiger partial charge on any atom is 0.0593 e. The summed E-state index contributed by atoms with van der Waals surface area (Å²) in [5.74, 6) is 0. The van der Waals surface area contributed by atoms with Crippen LogP contribution in [0.25, 0.3) is 0 Å². The topological polar surface area (TPSA) is 33.7 Å². The van der Waals surface area contributed by atoms with Gasteiger partial charge in [0.2, 0.25) is 0 Å². The number of rotatable bonds is 9. The Bertz CT molecular complexity index is 206. The summed E-state index contributed by atoms with van der Waals surface area (Å²) in [7, 11) is 2.20. The Morgan fingerprint density at radius 2 is 2.00 bits per heavy atom. The molecule has 0 aromatic rings. The Kier molecular flexibility index (Phi) is 7.82. The monoisotopic (exact) mass is 258 g/mol. The highest BCUT2D eigenvalue weighted by Gasteiger charge is 2.33. The molecule has 4 nitrogen and oxygen atoms in total. The van der Waals surface area contributed by atoms with Crippen molar-refractivity contribution in [1.29, 1.82) is 0 Å². The van der Waals surface area contributed by atoms with Crippen LogP contribution in [0.15, 0.2) is 0 Å². The molecule has 1 rings (SSSR count). The molecule has 108 valence electrons. The van der Waals surface area contributed by atoms with E-state index < -0.39 is 0 Å². The minimum atomic E-state index is 0.384. The first-order valence-electron chi connectivity index (χ1n) is 7.27. The molecule has 0 aromatic carbocycles. The second kappa shape index (κ2) is 8.86. The average Bonchev–Trinajstić information content (AvgIpc) is 2.38. The highest BCUT2D eigenvalue weighted by atomic mass is 16.5. The lowest BCUT2D eigenvalue weighted by Crippen LogP contribution is -2.47. The minimum absolute atomic E-state index is 0.384. The first-order chi connectivity index (χ1) is 8.72. The minimum Gasteiger partial charge on any atom is -0.381 e. The average molecular weight is 258 g/mol. The van der Waals surface area contributed by atoms with Gasteiger partial charge in [0.25, 0.3) is 0 Å². The van der Waals surface area contributed by atoms with E-state index in [2.05, 4.69) is 24.2 Å². The summed E-state index contributed by atoms with van der Waals surface area (Å²) >= 11 is 0. The highest BCUT2D eigenvalue weighted by molar-refractivity contribution is 4.86. The van der Waals surface area contributed by atoms with Gasteiger partial charge in [0, 0.05) is 39.5 Å². The van der Waals surface area contributed by atoms with E-state index in [1.807, 2.05) is 6.92 Å². The molecule has 1 fully saturated rings. The second-order valence-corrected chi connectivity index (χ2v) is 5.33. The Balaban J connectivity index is 2.39. The zero-order valence-electron chi connectivity index (χ0n) is 12.3. The van der Waals surface area contributed by atoms with E-state index in [1.54, 1.807) is 0 Å². The summed E-state index contributed by atoms with van der Waals surface area (Å²) < 4.78 is 10.9. The molecular weight excluding hydrogens is 228 g/mol. The lowest BCUT2D eigenvalue weighted by atomic mass is 9.79. The van der Waals surface area contributed by atoms with Gasteiger partial charge in [-0.2, -0.15) is 0 Å². The van der Waals surface area contributed by atoms with E-state index in [1.165, 1.54) is 12.8 Å². The maximum atomic E-state index is 5.51. The van der Waals surface area contributed by atoms with Gasteiger partial charge in [-0.1, -0.05) is 6.92 Å². The third-order valence-electron chi connectivity index (χ3n) is 3.73. The van der Waals surface area contributed by atoms with Crippen molar-refractivity contribution in [2.24, 2.45) is 5.41 Å². The second-order valence-electron chi connectivity index (χ2n) is 5.33. The maximum absolute atomic E-state index is 5.51. The molecule has 1 saturated heterocycles. The largest absolute Gasteiger partial charge is 0.381 e. The van der Waals surface area contributed by atoms with Crippen molar-refractivity contribution in [3.63, 3.8) is 0 Å². The van der Waals surface area contributed by atoms with Gasteiger partial charge < -0.3 is 19.7 Å². The van der Waals surface area contributed by atoms with Crippen molar-refractivity contribution >= 4 is 0 Å². The van der Waals surface area contributed by atoms with E-state index >= 15 is 0 Å². The van der Waals surface area contributed by atoms with Crippen LogP contribution in [0.2, 0.25) is 0 Å². The smallest absolute Gasteiger partial charge is 0.0593 e. The van der Waals surface area contributed by atoms with Crippen molar-refractivity contribution in [2.75, 3.05) is 59.7 Å². The summed E-state index contributed by atoms with van der Waals surface area (Å²) in [5, 5.41) is 3.52. The van der Waals surface area contributed by atoms with Crippen molar-refractivity contribution in [3.05, 3.63) is 0 Å². The zero-order valence-corrected chi connectivity index (χ0v) is 12.3. The first-order valence-corrected chi connectivity index (χ1v) is 7.27. The zero-order chi connectivity index (χ0) is 13.3. The normalized spacial score (nSPS) is 19.3. The number of ether oxygens (including phenoxy) is 2. The predicted octanol–water partition coefficient (Wildman–Crippen LogP) is 1.36. The number of nitrogens with zero attached hydrogens (tertiary/aromatic N) is 1. The molecular formula is C14H30N2O2. The van der Waals surface area contributed by atoms with Crippen LogP contribution in [-0.4, -0.2) is 64.6 Å². The van der Waals surface area contributed by atoms with Gasteiger partial charge in [0.1, 0.15) is 0 Å². The SMILES string of the molecule is CCNCC1(CN(C)CCOCC)CCOCC1. The van der Waals surface area contributed by atoms with Crippen molar-refractivity contribution in [3.8, 4) is 0 Å². The molecule has 0 aromatic heterocycles. The quantitative estimate of drug-likeness (QED) is 0.633. The van der Waals surface area contributed by atoms with Crippen LogP contribution >= 0.6 is 0 Å². The third kappa shape index (κ3) is 5.65. The van der Waals surface area contributed by atoms with Gasteiger partial charge in [-0.25, -0.2) is 0 Å². The van der Waals surface area contributed by atoms with Gasteiger partial charge in [-0.3, -0.25) is 0 Å². The van der Waals surface area contributed by atoms with Crippen molar-refractivity contribution < 1.29 is 9.47 Å². The van der Waals surface area contributed by atoms with E-state index in [0.717, 1.165) is 52.6 Å². The van der Waals surface area contributed by atoms with E-state index in [4.69, 9.17) is 9.47 Å². The first kappa shape index (κ1) is 15.9. The summed E-state index contributed by atoms with van der Waals surface area (Å²) in [6.45, 7) is 12.0. The summed E-state index contributed by atoms with van der Waals surface area (Å²) in [6, 6.07) is 0. The molecule has 0 unspecified atom stereocenters. The summed E-state index contributed by atoms with van der Waals surface area (Å²) in [4.78, 5) is 2.40. The molecule has 0 atom stereocenters. The lowest BCUT2D eigenvalue weighted by Gasteiger charge is -2.40. The van der Waals surface area contributed by atoms with E-state index in [9.17, 15) is 0 Å². The van der Waals surface area contributed by atoms with Crippen LogP contribution in [0.4, 0.5) is 0 Å². The molecule has 0 aliphatic carbocycles. The Morgan fingerprint density at radius 3 is 2.61 bits per heavy atom. The summed E-state index contributed by atoms with van der Waals surface area (Å²) in [6.07, 6.45) is 2.33. The fourth-order valence-corrected chi connectivity index (χ4v) is 2.60. The van der Waals surface area contributed by atoms with Crippen LogP contribution in [0.3, 0.4) is 0 Å². The molecule has 1 N–H and O–H groups in total. The number of likely N-dealkylation sites (N-methyl/N-ethyl adjacent to an activating group) is 1. The number of hydrogen-bond donors (Lipinski definition) is 1. The van der Waals surface area contributed by atoms with Crippen LogP contribution in [-0.2, 0) is 9.47 Å². The molecule has 1 aliphatic rings. The molecule has 1 aliphatic heterocycles. The standard InChI is InChI=1S/C14H30N2O2/c1-4-15-12-14(6-9-18-10-7-14)13-16(3)8-11-17-5-2/h15H,4-13H2,1-3H3. The molecule has 0 spiro atoms. The van der Waals surface area contributed by atoms with Gasteiger partial charge in [-0.05, 0) is 38.8 Å². The molecule has 18 heavy (non-hydrogen) atoms. The Morgan fingerprint density at radius 1 is 1.28 bits per heavy atom. The lowest BCUT2D eigenvalue weighted by molar-refractivity contribution is -0.00393. The third-order valence-corrected chi connectivity index (χ3v) is 3.73. The predicted molar refractivity (Wildman–Crippen MR) is 75.0 cm³/mol. The van der Waals surface area contributed by atoms with Crippen LogP contribution in [0, 0.1) is 5.41 Å². The molecule has 0 amide bonds. The number of nitrogens with one attached hydrogen (secondary N) is 1. The van der Waals surface area contributed by atoms with Gasteiger partial charge in [-0.15, -0.1) is 0 Å². The molecule has 0 radical (unpaired) electrons. The van der Waals surface area contributed by atoms with Crippen molar-refractivity contribution in [1.82, 2.24) is 10.2 Å². The highest BCUT2D eigenvalue weighted by Crippen LogP contribution is 2.30. The Hall–Kier alpha value is -0.160. The molecule has 1 heterocycles. The molecule has 4 heteroatoms. The van der Waals surface area contributed by atoms with Gasteiger partial charge in [0.05, 0.1) is 6.61 Å². The fraction of sp³-hybridized carbons (Fsp3) is 1.00. The molecule has 0 bridgehead atoms.